The van der Waals surface area contributed by atoms with Gasteiger partial charge in [-0.3, -0.25) is 0 Å². The molecule has 1 amide bonds. The highest BCUT2D eigenvalue weighted by Gasteiger charge is 2.17. The number of oxazole rings is 1. The first-order valence-electron chi connectivity index (χ1n) is 4.99. The van der Waals surface area contributed by atoms with E-state index in [1.807, 2.05) is 0 Å². The van der Waals surface area contributed by atoms with Gasteiger partial charge < -0.3 is 20.2 Å². The molecule has 6 heteroatoms. The number of nitrogens with one attached hydrogen (secondary N) is 1. The fraction of sp³-hybridized carbons (Fsp3) is 0.600. The minimum Gasteiger partial charge on any atom is -0.447 e. The normalized spacial score (nSPS) is 13.2. The molecule has 0 aliphatic heterocycles. The van der Waals surface area contributed by atoms with Crippen LogP contribution in [0.1, 0.15) is 32.6 Å². The fourth-order valence-corrected chi connectivity index (χ4v) is 1.02. The van der Waals surface area contributed by atoms with Crippen LogP contribution in [0.2, 0.25) is 0 Å². The van der Waals surface area contributed by atoms with Gasteiger partial charge in [0.15, 0.2) is 6.39 Å². The molecule has 1 rings (SSSR count). The van der Waals surface area contributed by atoms with Gasteiger partial charge in [0, 0.05) is 6.54 Å². The van der Waals surface area contributed by atoms with Crippen LogP contribution in [-0.4, -0.2) is 23.2 Å². The van der Waals surface area contributed by atoms with Gasteiger partial charge in [-0.05, 0) is 20.8 Å². The molecule has 0 fully saturated rings. The van der Waals surface area contributed by atoms with Crippen LogP contribution in [0.3, 0.4) is 0 Å². The first kappa shape index (κ1) is 12.5. The van der Waals surface area contributed by atoms with Crippen LogP contribution >= 0.6 is 0 Å². The summed E-state index contributed by atoms with van der Waals surface area (Å²) in [5.41, 5.74) is 5.23. The summed E-state index contributed by atoms with van der Waals surface area (Å²) in [4.78, 5) is 15.0. The van der Waals surface area contributed by atoms with Gasteiger partial charge in [0.05, 0.1) is 12.2 Å². The number of hydrogen-bond donors (Lipinski definition) is 2. The third kappa shape index (κ3) is 4.31. The topological polar surface area (TPSA) is 90.4 Å². The Bertz CT molecular complexity index is 330. The predicted octanol–water partition coefficient (Wildman–Crippen LogP) is 1.20. The number of ether oxygens (including phenoxy) is 1. The first-order chi connectivity index (χ1) is 7.38. The van der Waals surface area contributed by atoms with Crippen molar-refractivity contribution in [2.45, 2.75) is 32.4 Å². The number of amides is 1. The maximum atomic E-state index is 11.3. The van der Waals surface area contributed by atoms with Crippen molar-refractivity contribution in [3.05, 3.63) is 18.4 Å². The number of carbonyl (C=O) groups excluding carboxylic acids is 1. The molecule has 6 nitrogen and oxygen atoms in total. The molecule has 3 N–H and O–H groups in total. The average molecular weight is 227 g/mol. The van der Waals surface area contributed by atoms with Crippen molar-refractivity contribution in [2.24, 2.45) is 5.73 Å². The van der Waals surface area contributed by atoms with E-state index in [1.54, 1.807) is 20.8 Å². The van der Waals surface area contributed by atoms with Crippen LogP contribution in [0.15, 0.2) is 17.0 Å². The summed E-state index contributed by atoms with van der Waals surface area (Å²) in [6, 6.07) is -0.421. The van der Waals surface area contributed by atoms with Crippen molar-refractivity contribution in [1.82, 2.24) is 10.3 Å². The lowest BCUT2D eigenvalue weighted by Crippen LogP contribution is -2.36. The van der Waals surface area contributed by atoms with E-state index in [0.29, 0.717) is 5.76 Å². The summed E-state index contributed by atoms with van der Waals surface area (Å²) in [7, 11) is 0. The molecular weight excluding hydrogens is 210 g/mol. The van der Waals surface area contributed by atoms with Gasteiger partial charge in [0.2, 0.25) is 0 Å². The summed E-state index contributed by atoms with van der Waals surface area (Å²) < 4.78 is 10.1. The standard InChI is InChI=1S/C10H17N3O3/c1-10(2,3)16-9(14)13-4-7(11)8-5-12-6-15-8/h5-7H,4,11H2,1-3H3,(H,13,14). The molecule has 1 atom stereocenters. The number of carbonyl (C=O) groups is 1. The van der Waals surface area contributed by atoms with Gasteiger partial charge in [-0.2, -0.15) is 0 Å². The van der Waals surface area contributed by atoms with Crippen molar-refractivity contribution >= 4 is 6.09 Å². The van der Waals surface area contributed by atoms with Gasteiger partial charge in [0.25, 0.3) is 0 Å². The van der Waals surface area contributed by atoms with E-state index < -0.39 is 17.7 Å². The second-order valence-corrected chi connectivity index (χ2v) is 4.39. The number of nitrogens with two attached hydrogens (primary N) is 1. The van der Waals surface area contributed by atoms with Crippen LogP contribution in [0.5, 0.6) is 0 Å². The largest absolute Gasteiger partial charge is 0.447 e. The highest BCUT2D eigenvalue weighted by molar-refractivity contribution is 5.67. The number of alkyl carbamates (subject to hydrolysis) is 1. The SMILES string of the molecule is CC(C)(C)OC(=O)NCC(N)c1cnco1. The molecule has 1 heterocycles. The molecule has 0 spiro atoms. The molecule has 0 aliphatic rings. The zero-order chi connectivity index (χ0) is 12.2. The second kappa shape index (κ2) is 4.98. The molecule has 0 aliphatic carbocycles. The minimum absolute atomic E-state index is 0.240. The number of hydrogen-bond acceptors (Lipinski definition) is 5. The maximum Gasteiger partial charge on any atom is 0.407 e. The van der Waals surface area contributed by atoms with Gasteiger partial charge in [0.1, 0.15) is 11.4 Å². The molecule has 90 valence electrons. The summed E-state index contributed by atoms with van der Waals surface area (Å²) in [6.07, 6.45) is 2.31. The predicted molar refractivity (Wildman–Crippen MR) is 57.7 cm³/mol. The molecule has 1 aromatic rings. The Morgan fingerprint density at radius 3 is 2.88 bits per heavy atom. The molecule has 1 aromatic heterocycles. The van der Waals surface area contributed by atoms with Gasteiger partial charge >= 0.3 is 6.09 Å². The Labute approximate surface area is 94.2 Å². The fourth-order valence-electron chi connectivity index (χ4n) is 1.02. The number of rotatable bonds is 3. The van der Waals surface area contributed by atoms with E-state index in [-0.39, 0.29) is 6.54 Å². The van der Waals surface area contributed by atoms with Crippen molar-refractivity contribution in [3.63, 3.8) is 0 Å². The van der Waals surface area contributed by atoms with Crippen LogP contribution in [-0.2, 0) is 4.74 Å². The Kier molecular flexibility index (Phi) is 3.89. The van der Waals surface area contributed by atoms with E-state index >= 15 is 0 Å². The molecule has 16 heavy (non-hydrogen) atoms. The number of aromatic nitrogens is 1. The lowest BCUT2D eigenvalue weighted by atomic mass is 10.2. The minimum atomic E-state index is -0.513. The quantitative estimate of drug-likeness (QED) is 0.809. The molecule has 0 saturated carbocycles. The third-order valence-corrected chi connectivity index (χ3v) is 1.68. The Hall–Kier alpha value is -1.56. The van der Waals surface area contributed by atoms with E-state index in [0.717, 1.165) is 0 Å². The molecule has 0 radical (unpaired) electrons. The van der Waals surface area contributed by atoms with E-state index in [1.165, 1.54) is 12.6 Å². The summed E-state index contributed by atoms with van der Waals surface area (Å²) in [6.45, 7) is 5.62. The van der Waals surface area contributed by atoms with Crippen molar-refractivity contribution in [2.75, 3.05) is 6.54 Å². The number of nitrogens with zero attached hydrogens (tertiary/aromatic N) is 1. The summed E-state index contributed by atoms with van der Waals surface area (Å²) >= 11 is 0. The van der Waals surface area contributed by atoms with Crippen LogP contribution < -0.4 is 11.1 Å². The smallest absolute Gasteiger partial charge is 0.407 e. The van der Waals surface area contributed by atoms with Crippen molar-refractivity contribution in [1.29, 1.82) is 0 Å². The third-order valence-electron chi connectivity index (χ3n) is 1.68. The highest BCUT2D eigenvalue weighted by atomic mass is 16.6. The molecule has 0 saturated heterocycles. The van der Waals surface area contributed by atoms with E-state index in [2.05, 4.69) is 10.3 Å². The van der Waals surface area contributed by atoms with Gasteiger partial charge in [-0.1, -0.05) is 0 Å². The van der Waals surface area contributed by atoms with Crippen LogP contribution in [0.25, 0.3) is 0 Å². The molecular formula is C10H17N3O3. The molecule has 0 aromatic carbocycles. The lowest BCUT2D eigenvalue weighted by molar-refractivity contribution is 0.0523. The second-order valence-electron chi connectivity index (χ2n) is 4.39. The summed E-state index contributed by atoms with van der Waals surface area (Å²) in [5, 5.41) is 2.55. The Morgan fingerprint density at radius 2 is 2.38 bits per heavy atom. The first-order valence-corrected chi connectivity index (χ1v) is 4.99. The van der Waals surface area contributed by atoms with E-state index in [4.69, 9.17) is 14.9 Å². The molecule has 1 unspecified atom stereocenters. The average Bonchev–Trinajstić information content (AvgIpc) is 2.64. The van der Waals surface area contributed by atoms with E-state index in [9.17, 15) is 4.79 Å². The van der Waals surface area contributed by atoms with Crippen LogP contribution in [0.4, 0.5) is 4.79 Å². The Balaban J connectivity index is 2.32. The van der Waals surface area contributed by atoms with Crippen molar-refractivity contribution in [3.8, 4) is 0 Å². The van der Waals surface area contributed by atoms with Gasteiger partial charge in [-0.25, -0.2) is 9.78 Å². The summed E-state index contributed by atoms with van der Waals surface area (Å²) in [5.74, 6) is 0.524. The zero-order valence-electron chi connectivity index (χ0n) is 9.69. The maximum absolute atomic E-state index is 11.3. The van der Waals surface area contributed by atoms with Gasteiger partial charge in [-0.15, -0.1) is 0 Å². The van der Waals surface area contributed by atoms with Crippen molar-refractivity contribution < 1.29 is 13.9 Å². The highest BCUT2D eigenvalue weighted by Crippen LogP contribution is 2.09. The lowest BCUT2D eigenvalue weighted by Gasteiger charge is -2.20. The Morgan fingerprint density at radius 1 is 1.69 bits per heavy atom. The monoisotopic (exact) mass is 227 g/mol. The van der Waals surface area contributed by atoms with Crippen LogP contribution in [0, 0.1) is 0 Å². The zero-order valence-corrected chi connectivity index (χ0v) is 9.69. The molecule has 0 bridgehead atoms.